The van der Waals surface area contributed by atoms with Crippen molar-refractivity contribution in [3.63, 3.8) is 0 Å². The summed E-state index contributed by atoms with van der Waals surface area (Å²) in [5.41, 5.74) is 3.14. The Morgan fingerprint density at radius 1 is 0.571 bits per heavy atom. The van der Waals surface area contributed by atoms with Gasteiger partial charge >= 0.3 is 0 Å². The molecule has 0 fully saturated rings. The van der Waals surface area contributed by atoms with Crippen molar-refractivity contribution in [3.8, 4) is 0 Å². The van der Waals surface area contributed by atoms with E-state index in [4.69, 9.17) is 0 Å². The van der Waals surface area contributed by atoms with Crippen LogP contribution < -0.4 is 0 Å². The van der Waals surface area contributed by atoms with Crippen LogP contribution in [0.1, 0.15) is 90.9 Å². The van der Waals surface area contributed by atoms with Crippen LogP contribution in [0.3, 0.4) is 0 Å². The van der Waals surface area contributed by atoms with E-state index in [1.807, 2.05) is 0 Å². The summed E-state index contributed by atoms with van der Waals surface area (Å²) in [7, 11) is 0. The molecule has 0 atom stereocenters. The highest BCUT2D eigenvalue weighted by Gasteiger charge is 2.09. The zero-order chi connectivity index (χ0) is 18.5. The summed E-state index contributed by atoms with van der Waals surface area (Å²) < 4.78 is 0. The minimum absolute atomic E-state index is 0. The van der Waals surface area contributed by atoms with Crippen LogP contribution in [0.4, 0.5) is 0 Å². The van der Waals surface area contributed by atoms with E-state index in [1.54, 1.807) is 11.1 Å². The van der Waals surface area contributed by atoms with Crippen molar-refractivity contribution < 1.29 is 0 Å². The van der Waals surface area contributed by atoms with E-state index in [1.165, 1.54) is 116 Å². The molecule has 0 radical (unpaired) electrons. The van der Waals surface area contributed by atoms with Crippen molar-refractivity contribution in [1.82, 2.24) is 9.80 Å². The topological polar surface area (TPSA) is 6.48 Å². The average molecular weight is 434 g/mol. The molecule has 0 saturated carbocycles. The van der Waals surface area contributed by atoms with Gasteiger partial charge in [0.1, 0.15) is 0 Å². The molecule has 2 aliphatic rings. The van der Waals surface area contributed by atoms with Gasteiger partial charge in [-0.25, -0.2) is 0 Å². The summed E-state index contributed by atoms with van der Waals surface area (Å²) in [6.07, 6.45) is 21.7. The van der Waals surface area contributed by atoms with Crippen LogP contribution >= 0.6 is 24.8 Å². The van der Waals surface area contributed by atoms with Crippen molar-refractivity contribution in [2.75, 3.05) is 39.3 Å². The first-order valence-electron chi connectivity index (χ1n) is 11.5. The molecule has 0 aromatic rings. The molecule has 0 saturated heterocycles. The molecule has 4 heteroatoms. The first-order valence-corrected chi connectivity index (χ1v) is 11.5. The molecule has 0 spiro atoms. The second-order valence-corrected chi connectivity index (χ2v) is 8.77. The molecule has 2 nitrogen and oxygen atoms in total. The molecule has 0 bridgehead atoms. The number of unbranched alkanes of at least 4 members (excludes halogenated alkanes) is 9. The molecule has 0 aromatic heterocycles. The second-order valence-electron chi connectivity index (χ2n) is 8.77. The predicted octanol–water partition coefficient (Wildman–Crippen LogP) is 7.04. The number of hydrogen-bond acceptors (Lipinski definition) is 2. The van der Waals surface area contributed by atoms with Crippen LogP contribution in [0.5, 0.6) is 0 Å². The fraction of sp³-hybridized carbons (Fsp3) is 0.833. The molecule has 166 valence electrons. The van der Waals surface area contributed by atoms with E-state index in [9.17, 15) is 0 Å². The molecule has 28 heavy (non-hydrogen) atoms. The van der Waals surface area contributed by atoms with Crippen LogP contribution in [-0.2, 0) is 0 Å². The summed E-state index contributed by atoms with van der Waals surface area (Å²) in [4.78, 5) is 5.27. The lowest BCUT2D eigenvalue weighted by atomic mass is 10.1. The lowest BCUT2D eigenvalue weighted by Crippen LogP contribution is -2.30. The Morgan fingerprint density at radius 2 is 0.893 bits per heavy atom. The minimum atomic E-state index is 0. The fourth-order valence-corrected chi connectivity index (χ4v) is 4.45. The Bertz CT molecular complexity index is 394. The van der Waals surface area contributed by atoms with Gasteiger partial charge in [-0.15, -0.1) is 24.8 Å². The summed E-state index contributed by atoms with van der Waals surface area (Å²) in [5, 5.41) is 0. The Hall–Kier alpha value is -0.0200. The third-order valence-corrected chi connectivity index (χ3v) is 6.02. The van der Waals surface area contributed by atoms with Crippen molar-refractivity contribution in [3.05, 3.63) is 23.3 Å². The average Bonchev–Trinajstić information content (AvgIpc) is 2.63. The first kappa shape index (κ1) is 28.0. The monoisotopic (exact) mass is 432 g/mol. The van der Waals surface area contributed by atoms with Gasteiger partial charge in [0.2, 0.25) is 0 Å². The predicted molar refractivity (Wildman–Crippen MR) is 130 cm³/mol. The van der Waals surface area contributed by atoms with Gasteiger partial charge in [-0.05, 0) is 52.6 Å². The lowest BCUT2D eigenvalue weighted by molar-refractivity contribution is 0.282. The van der Waals surface area contributed by atoms with Gasteiger partial charge in [-0.2, -0.15) is 0 Å². The number of rotatable bonds is 13. The summed E-state index contributed by atoms with van der Waals surface area (Å²) in [5.74, 6) is 0. The highest BCUT2D eigenvalue weighted by atomic mass is 35.5. The van der Waals surface area contributed by atoms with E-state index in [2.05, 4.69) is 35.8 Å². The normalized spacial score (nSPS) is 18.1. The molecular formula is C24H46Cl2N2. The molecule has 0 amide bonds. The highest BCUT2D eigenvalue weighted by molar-refractivity contribution is 5.85. The smallest absolute Gasteiger partial charge is 0.0190 e. The Morgan fingerprint density at radius 3 is 1.21 bits per heavy atom. The number of hydrogen-bond donors (Lipinski definition) is 0. The largest absolute Gasteiger partial charge is 0.299 e. The van der Waals surface area contributed by atoms with Gasteiger partial charge in [0.05, 0.1) is 0 Å². The van der Waals surface area contributed by atoms with Gasteiger partial charge in [0, 0.05) is 26.2 Å². The maximum Gasteiger partial charge on any atom is 0.0190 e. The molecule has 2 heterocycles. The van der Waals surface area contributed by atoms with Gasteiger partial charge in [0.15, 0.2) is 0 Å². The van der Waals surface area contributed by atoms with E-state index in [0.717, 1.165) is 0 Å². The zero-order valence-electron chi connectivity index (χ0n) is 18.6. The minimum Gasteiger partial charge on any atom is -0.299 e. The van der Waals surface area contributed by atoms with Crippen LogP contribution in [0.25, 0.3) is 0 Å². The Kier molecular flexibility index (Phi) is 17.8. The molecule has 0 aromatic carbocycles. The molecule has 2 rings (SSSR count). The number of halogens is 2. The van der Waals surface area contributed by atoms with Crippen LogP contribution in [0.15, 0.2) is 23.3 Å². The number of nitrogens with zero attached hydrogens (tertiary/aromatic N) is 2. The Balaban J connectivity index is 0.00000364. The van der Waals surface area contributed by atoms with Gasteiger partial charge < -0.3 is 0 Å². The van der Waals surface area contributed by atoms with Crippen molar-refractivity contribution >= 4 is 24.8 Å². The third-order valence-electron chi connectivity index (χ3n) is 6.02. The Labute approximate surface area is 188 Å². The van der Waals surface area contributed by atoms with Gasteiger partial charge in [0.25, 0.3) is 0 Å². The molecule has 2 aliphatic heterocycles. The summed E-state index contributed by atoms with van der Waals surface area (Å²) >= 11 is 0. The van der Waals surface area contributed by atoms with Crippen LogP contribution in [0, 0.1) is 0 Å². The van der Waals surface area contributed by atoms with E-state index in [0.29, 0.717) is 0 Å². The van der Waals surface area contributed by atoms with E-state index < -0.39 is 0 Å². The van der Waals surface area contributed by atoms with Crippen molar-refractivity contribution in [1.29, 1.82) is 0 Å². The SMILES string of the molecule is CC1=CCCN(CCCCCCCCCCCCN2CCC=C(C)C2)C1.Cl.Cl. The molecule has 0 N–H and O–H groups in total. The fourth-order valence-electron chi connectivity index (χ4n) is 4.45. The van der Waals surface area contributed by atoms with Crippen molar-refractivity contribution in [2.24, 2.45) is 0 Å². The highest BCUT2D eigenvalue weighted by Crippen LogP contribution is 2.14. The second kappa shape index (κ2) is 17.8. The van der Waals surface area contributed by atoms with Crippen molar-refractivity contribution in [2.45, 2.75) is 90.9 Å². The van der Waals surface area contributed by atoms with Gasteiger partial charge in [-0.1, -0.05) is 74.7 Å². The molecule has 0 aliphatic carbocycles. The summed E-state index contributed by atoms with van der Waals surface area (Å²) in [6, 6.07) is 0. The summed E-state index contributed by atoms with van der Waals surface area (Å²) in [6.45, 7) is 12.2. The third kappa shape index (κ3) is 13.2. The van der Waals surface area contributed by atoms with E-state index in [-0.39, 0.29) is 24.8 Å². The zero-order valence-corrected chi connectivity index (χ0v) is 20.2. The lowest BCUT2D eigenvalue weighted by Gasteiger charge is -2.25. The maximum absolute atomic E-state index is 2.64. The maximum atomic E-state index is 2.64. The molecule has 0 unspecified atom stereocenters. The van der Waals surface area contributed by atoms with Crippen LogP contribution in [-0.4, -0.2) is 49.1 Å². The standard InChI is InChI=1S/C24H44N2.2ClH/c1-23-15-13-19-25(21-23)17-11-9-7-5-3-4-6-8-10-12-18-26-20-14-16-24(2)22-26;;/h15-16H,3-14,17-22H2,1-2H3;2*1H. The first-order chi connectivity index (χ1) is 12.7. The van der Waals surface area contributed by atoms with E-state index >= 15 is 0 Å². The quantitative estimate of drug-likeness (QED) is 0.227. The molecular weight excluding hydrogens is 387 g/mol. The van der Waals surface area contributed by atoms with Gasteiger partial charge in [-0.3, -0.25) is 9.80 Å². The van der Waals surface area contributed by atoms with Crippen LogP contribution in [0.2, 0.25) is 0 Å².